The third kappa shape index (κ3) is 13.9. The predicted octanol–water partition coefficient (Wildman–Crippen LogP) is 13.3. The number of carbonyl (C=O) groups is 2. The van der Waals surface area contributed by atoms with E-state index >= 15 is 0 Å². The first-order valence-electron chi connectivity index (χ1n) is 25.2. The SMILES string of the molecule is CCCC(C)C(C)CCC(CC)[n+]1cc(-c2ccc(OCCCc3sc(N4CCc5cccc(C(=O)N(COCC[Si](C)(C)C)c6nc7ccccc7s6)c5C4)nc3C(=O)OC(C)(C)C)cc2)c[nH]1. The zero-order valence-electron chi connectivity index (χ0n) is 42.7. The van der Waals surface area contributed by atoms with Crippen molar-refractivity contribution in [2.45, 2.75) is 144 Å². The summed E-state index contributed by atoms with van der Waals surface area (Å²) in [6, 6.07) is 23.7. The maximum atomic E-state index is 14.8. The molecule has 0 spiro atoms. The summed E-state index contributed by atoms with van der Waals surface area (Å²) in [7, 11) is -1.34. The molecule has 4 heterocycles. The van der Waals surface area contributed by atoms with Crippen molar-refractivity contribution >= 4 is 63.1 Å². The normalized spacial score (nSPS) is 14.4. The predicted molar refractivity (Wildman–Crippen MR) is 286 cm³/mol. The van der Waals surface area contributed by atoms with Gasteiger partial charge in [0.15, 0.2) is 22.0 Å². The number of nitrogens with one attached hydrogen (secondary N) is 1. The van der Waals surface area contributed by atoms with Crippen molar-refractivity contribution in [2.24, 2.45) is 11.8 Å². The van der Waals surface area contributed by atoms with Crippen LogP contribution in [0.3, 0.4) is 0 Å². The van der Waals surface area contributed by atoms with Crippen LogP contribution in [0.4, 0.5) is 10.3 Å². The minimum absolute atomic E-state index is 0.117. The number of aryl methyl sites for hydroxylation is 1. The summed E-state index contributed by atoms with van der Waals surface area (Å²) >= 11 is 3.02. The molecule has 3 atom stereocenters. The highest BCUT2D eigenvalue weighted by atomic mass is 32.1. The van der Waals surface area contributed by atoms with Gasteiger partial charge in [-0.1, -0.05) is 108 Å². The molecular formula is C55H75N6O5S2Si+. The molecule has 370 valence electrons. The number of H-pyrrole nitrogens is 1. The van der Waals surface area contributed by atoms with Gasteiger partial charge in [0.05, 0.1) is 28.6 Å². The maximum absolute atomic E-state index is 14.8. The quantitative estimate of drug-likeness (QED) is 0.0222. The van der Waals surface area contributed by atoms with Crippen molar-refractivity contribution in [3.05, 3.63) is 106 Å². The van der Waals surface area contributed by atoms with Crippen LogP contribution < -0.4 is 19.2 Å². The molecule has 6 aromatic rings. The largest absolute Gasteiger partial charge is 0.494 e. The fourth-order valence-electron chi connectivity index (χ4n) is 8.85. The number of amides is 1. The van der Waals surface area contributed by atoms with Gasteiger partial charge in [0.2, 0.25) is 6.20 Å². The molecule has 0 fully saturated rings. The van der Waals surface area contributed by atoms with Crippen molar-refractivity contribution in [1.29, 1.82) is 0 Å². The van der Waals surface area contributed by atoms with Crippen LogP contribution in [-0.2, 0) is 28.9 Å². The van der Waals surface area contributed by atoms with E-state index in [2.05, 4.69) is 92.6 Å². The van der Waals surface area contributed by atoms with Crippen LogP contribution in [-0.4, -0.2) is 67.1 Å². The Balaban J connectivity index is 1.02. The summed E-state index contributed by atoms with van der Waals surface area (Å²) in [5.41, 5.74) is 5.53. The van der Waals surface area contributed by atoms with Crippen molar-refractivity contribution in [1.82, 2.24) is 15.1 Å². The summed E-state index contributed by atoms with van der Waals surface area (Å²) in [6.45, 7) is 24.3. The van der Waals surface area contributed by atoms with Gasteiger partial charge in [-0.05, 0) is 111 Å². The Morgan fingerprint density at radius 1 is 0.913 bits per heavy atom. The molecule has 3 aromatic heterocycles. The highest BCUT2D eigenvalue weighted by Crippen LogP contribution is 2.36. The molecule has 0 saturated heterocycles. The third-order valence-corrected chi connectivity index (χ3v) is 17.2. The molecule has 0 saturated carbocycles. The molecule has 1 N–H and O–H groups in total. The van der Waals surface area contributed by atoms with E-state index in [4.69, 9.17) is 24.2 Å². The molecule has 0 bridgehead atoms. The number of esters is 1. The van der Waals surface area contributed by atoms with Crippen LogP contribution >= 0.6 is 22.7 Å². The number of aromatic amines is 1. The zero-order valence-corrected chi connectivity index (χ0v) is 45.4. The molecule has 7 rings (SSSR count). The standard InChI is InChI=1S/C55H74N6O5S2Si/c1-11-17-38(3)39(4)23-26-43(12-2)61-35-42(34-56-61)40-24-27-44(28-25-40)65-31-16-22-49-50(52(63)66-55(5,6)7)58-53(68-49)59-30-29-41-18-15-19-45(46(41)36-59)51(62)60(37-64-32-33-69(8,9)10)54-57-47-20-13-14-21-48(47)67-54/h13-15,18-21,24-25,27-28,34-35,38-39,43H,11-12,16-17,22-23,26,29-33,36-37H2,1-10H3/p+1. The van der Waals surface area contributed by atoms with Gasteiger partial charge >= 0.3 is 5.97 Å². The first kappa shape index (κ1) is 51.9. The zero-order chi connectivity index (χ0) is 49.3. The van der Waals surface area contributed by atoms with Gasteiger partial charge in [-0.25, -0.2) is 14.8 Å². The Kier molecular flexibility index (Phi) is 17.6. The number of thiazole rings is 2. The van der Waals surface area contributed by atoms with E-state index in [1.165, 1.54) is 48.4 Å². The van der Waals surface area contributed by atoms with Crippen LogP contribution in [0.2, 0.25) is 25.7 Å². The summed E-state index contributed by atoms with van der Waals surface area (Å²) < 4.78 is 21.7. The number of aromatic nitrogens is 4. The minimum atomic E-state index is -1.34. The molecule has 3 aromatic carbocycles. The number of para-hydroxylation sites is 1. The Bertz CT molecular complexity index is 2600. The lowest BCUT2D eigenvalue weighted by Gasteiger charge is -2.31. The van der Waals surface area contributed by atoms with Gasteiger partial charge in [0.1, 0.15) is 18.1 Å². The number of anilines is 2. The smallest absolute Gasteiger partial charge is 0.358 e. The number of carbonyl (C=O) groups excluding carboxylic acids is 2. The van der Waals surface area contributed by atoms with Gasteiger partial charge < -0.3 is 19.1 Å². The number of nitrogens with zero attached hydrogens (tertiary/aromatic N) is 5. The summed E-state index contributed by atoms with van der Waals surface area (Å²) in [4.78, 5) is 43.1. The number of hydrogen-bond acceptors (Lipinski definition) is 10. The summed E-state index contributed by atoms with van der Waals surface area (Å²) in [5, 5.41) is 4.87. The summed E-state index contributed by atoms with van der Waals surface area (Å²) in [5.74, 6) is 1.72. The Labute approximate surface area is 419 Å². The molecule has 1 amide bonds. The molecule has 1 aliphatic rings. The lowest BCUT2D eigenvalue weighted by Crippen LogP contribution is -2.40. The van der Waals surface area contributed by atoms with Crippen LogP contribution in [0.25, 0.3) is 21.3 Å². The maximum Gasteiger partial charge on any atom is 0.358 e. The van der Waals surface area contributed by atoms with Gasteiger partial charge in [0.25, 0.3) is 5.91 Å². The molecule has 69 heavy (non-hydrogen) atoms. The Morgan fingerprint density at radius 3 is 2.41 bits per heavy atom. The lowest BCUT2D eigenvalue weighted by molar-refractivity contribution is -0.774. The molecular weight excluding hydrogens is 917 g/mol. The number of rotatable bonds is 23. The van der Waals surface area contributed by atoms with Gasteiger partial charge in [-0.2, -0.15) is 5.10 Å². The number of fused-ring (bicyclic) bond motifs is 2. The van der Waals surface area contributed by atoms with E-state index in [1.807, 2.05) is 69.3 Å². The molecule has 11 nitrogen and oxygen atoms in total. The Hall–Kier alpha value is -4.89. The van der Waals surface area contributed by atoms with Crippen LogP contribution in [0.15, 0.2) is 79.1 Å². The van der Waals surface area contributed by atoms with Crippen molar-refractivity contribution in [3.63, 3.8) is 0 Å². The van der Waals surface area contributed by atoms with Gasteiger partial charge in [-0.15, -0.1) is 16.0 Å². The minimum Gasteiger partial charge on any atom is -0.494 e. The van der Waals surface area contributed by atoms with E-state index in [0.717, 1.165) is 79.0 Å². The van der Waals surface area contributed by atoms with Crippen molar-refractivity contribution < 1.29 is 28.5 Å². The van der Waals surface area contributed by atoms with Crippen molar-refractivity contribution in [3.8, 4) is 16.9 Å². The topological polar surface area (TPSA) is 114 Å². The van der Waals surface area contributed by atoms with E-state index < -0.39 is 19.6 Å². The second kappa shape index (κ2) is 23.3. The first-order chi connectivity index (χ1) is 33.0. The van der Waals surface area contributed by atoms with Crippen LogP contribution in [0.1, 0.15) is 130 Å². The highest BCUT2D eigenvalue weighted by Gasteiger charge is 2.31. The van der Waals surface area contributed by atoms with E-state index in [1.54, 1.807) is 4.90 Å². The monoisotopic (exact) mass is 992 g/mol. The summed E-state index contributed by atoms with van der Waals surface area (Å²) in [6.07, 6.45) is 12.4. The van der Waals surface area contributed by atoms with Crippen molar-refractivity contribution in [2.75, 3.05) is 36.3 Å². The lowest BCUT2D eigenvalue weighted by atomic mass is 9.87. The molecule has 3 unspecified atom stereocenters. The average molecular weight is 992 g/mol. The third-order valence-electron chi connectivity index (χ3n) is 13.2. The second-order valence-electron chi connectivity index (χ2n) is 21.1. The fraction of sp³-hybridized carbons (Fsp3) is 0.509. The molecule has 0 aliphatic carbocycles. The molecule has 14 heteroatoms. The van der Waals surface area contributed by atoms with Crippen LogP contribution in [0, 0.1) is 11.8 Å². The number of hydrogen-bond donors (Lipinski definition) is 1. The Morgan fingerprint density at radius 2 is 1.68 bits per heavy atom. The van der Waals surface area contributed by atoms with Gasteiger partial charge in [0, 0.05) is 51.1 Å². The van der Waals surface area contributed by atoms with Crippen LogP contribution in [0.5, 0.6) is 5.75 Å². The number of benzene rings is 3. The fourth-order valence-corrected chi connectivity index (χ4v) is 11.7. The van der Waals surface area contributed by atoms with E-state index in [0.29, 0.717) is 61.6 Å². The van der Waals surface area contributed by atoms with Gasteiger partial charge in [-0.3, -0.25) is 9.69 Å². The molecule has 0 radical (unpaired) electrons. The average Bonchev–Trinajstić information content (AvgIpc) is 4.09. The molecule has 1 aliphatic heterocycles. The van der Waals surface area contributed by atoms with E-state index in [9.17, 15) is 9.59 Å². The van der Waals surface area contributed by atoms with E-state index in [-0.39, 0.29) is 12.6 Å². The highest BCUT2D eigenvalue weighted by molar-refractivity contribution is 7.22. The second-order valence-corrected chi connectivity index (χ2v) is 28.7. The number of ether oxygens (including phenoxy) is 3. The first-order valence-corrected chi connectivity index (χ1v) is 30.5.